The summed E-state index contributed by atoms with van der Waals surface area (Å²) >= 11 is 5.92. The molecular formula is C14H15ClN2O3. The summed E-state index contributed by atoms with van der Waals surface area (Å²) in [6, 6.07) is 5.03. The van der Waals surface area contributed by atoms with Crippen LogP contribution in [0.3, 0.4) is 0 Å². The molecule has 0 spiro atoms. The van der Waals surface area contributed by atoms with Gasteiger partial charge in [0, 0.05) is 29.7 Å². The summed E-state index contributed by atoms with van der Waals surface area (Å²) in [5, 5.41) is 12.1. The highest BCUT2D eigenvalue weighted by Gasteiger charge is 2.14. The maximum absolute atomic E-state index is 12.4. The summed E-state index contributed by atoms with van der Waals surface area (Å²) in [6.45, 7) is 2.48. The molecular weight excluding hydrogens is 280 g/mol. The average Bonchev–Trinajstić information content (AvgIpc) is 2.45. The van der Waals surface area contributed by atoms with Crippen LogP contribution >= 0.6 is 11.6 Å². The lowest BCUT2D eigenvalue weighted by atomic mass is 10.1. The van der Waals surface area contributed by atoms with Crippen LogP contribution in [-0.4, -0.2) is 28.7 Å². The highest BCUT2D eigenvalue weighted by atomic mass is 35.5. The second-order valence-electron chi connectivity index (χ2n) is 4.30. The van der Waals surface area contributed by atoms with Crippen molar-refractivity contribution in [2.24, 2.45) is 0 Å². The Morgan fingerprint density at radius 2 is 2.20 bits per heavy atom. The van der Waals surface area contributed by atoms with Gasteiger partial charge in [-0.15, -0.1) is 0 Å². The van der Waals surface area contributed by atoms with Gasteiger partial charge in [0.1, 0.15) is 5.56 Å². The molecule has 0 atom stereocenters. The van der Waals surface area contributed by atoms with E-state index < -0.39 is 5.91 Å². The molecule has 1 aromatic heterocycles. The van der Waals surface area contributed by atoms with E-state index in [0.29, 0.717) is 17.0 Å². The molecule has 6 heteroatoms. The van der Waals surface area contributed by atoms with Crippen molar-refractivity contribution < 1.29 is 9.90 Å². The molecule has 0 fully saturated rings. The summed E-state index contributed by atoms with van der Waals surface area (Å²) < 4.78 is 1.82. The van der Waals surface area contributed by atoms with Crippen molar-refractivity contribution in [1.29, 1.82) is 0 Å². The molecule has 1 amide bonds. The van der Waals surface area contributed by atoms with Gasteiger partial charge in [-0.05, 0) is 25.1 Å². The Morgan fingerprint density at radius 1 is 1.45 bits per heavy atom. The van der Waals surface area contributed by atoms with E-state index in [0.717, 1.165) is 5.52 Å². The Balaban J connectivity index is 2.64. The number of halogens is 1. The molecule has 5 nitrogen and oxygen atoms in total. The molecule has 1 aromatic carbocycles. The number of fused-ring (bicyclic) bond motifs is 1. The molecule has 0 aliphatic rings. The minimum Gasteiger partial charge on any atom is -0.395 e. The highest BCUT2D eigenvalue weighted by Crippen LogP contribution is 2.17. The van der Waals surface area contributed by atoms with Crippen molar-refractivity contribution in [2.45, 2.75) is 13.5 Å². The first-order chi connectivity index (χ1) is 9.58. The molecule has 2 aromatic rings. The van der Waals surface area contributed by atoms with E-state index in [1.54, 1.807) is 18.2 Å². The predicted molar refractivity (Wildman–Crippen MR) is 78.3 cm³/mol. The van der Waals surface area contributed by atoms with Gasteiger partial charge in [-0.25, -0.2) is 0 Å². The van der Waals surface area contributed by atoms with Gasteiger partial charge in [0.25, 0.3) is 5.91 Å². The van der Waals surface area contributed by atoms with E-state index in [4.69, 9.17) is 16.7 Å². The second kappa shape index (κ2) is 6.07. The van der Waals surface area contributed by atoms with E-state index in [1.165, 1.54) is 6.20 Å². The molecule has 0 saturated carbocycles. The van der Waals surface area contributed by atoms with Gasteiger partial charge in [-0.2, -0.15) is 0 Å². The van der Waals surface area contributed by atoms with E-state index in [-0.39, 0.29) is 24.1 Å². The van der Waals surface area contributed by atoms with Gasteiger partial charge in [0.05, 0.1) is 12.1 Å². The molecule has 0 aliphatic carbocycles. The molecule has 1 heterocycles. The predicted octanol–water partition coefficient (Wildman–Crippen LogP) is 1.40. The van der Waals surface area contributed by atoms with Crippen LogP contribution in [0.15, 0.2) is 29.2 Å². The van der Waals surface area contributed by atoms with E-state index in [9.17, 15) is 9.59 Å². The third kappa shape index (κ3) is 2.69. The molecule has 106 valence electrons. The summed E-state index contributed by atoms with van der Waals surface area (Å²) in [5.41, 5.74) is 0.429. The topological polar surface area (TPSA) is 71.3 Å². The molecule has 0 bridgehead atoms. The first-order valence-corrected chi connectivity index (χ1v) is 6.68. The standard InChI is InChI=1S/C14H15ClN2O3/c1-2-17-8-11(14(20)16-5-6-18)13(19)10-7-9(15)3-4-12(10)17/h3-4,7-8,18H,2,5-6H2,1H3,(H,16,20). The van der Waals surface area contributed by atoms with Gasteiger partial charge in [0.15, 0.2) is 0 Å². The SMILES string of the molecule is CCn1cc(C(=O)NCCO)c(=O)c2cc(Cl)ccc21. The van der Waals surface area contributed by atoms with Crippen LogP contribution in [0.2, 0.25) is 5.02 Å². The second-order valence-corrected chi connectivity index (χ2v) is 4.74. The van der Waals surface area contributed by atoms with Crippen LogP contribution in [0.25, 0.3) is 10.9 Å². The van der Waals surface area contributed by atoms with Crippen molar-refractivity contribution in [3.63, 3.8) is 0 Å². The fourth-order valence-electron chi connectivity index (χ4n) is 2.06. The number of aromatic nitrogens is 1. The lowest BCUT2D eigenvalue weighted by Gasteiger charge is -2.11. The number of aliphatic hydroxyl groups excluding tert-OH is 1. The molecule has 0 radical (unpaired) electrons. The minimum absolute atomic E-state index is 0.0510. The third-order valence-electron chi connectivity index (χ3n) is 3.02. The number of carbonyl (C=O) groups is 1. The molecule has 0 saturated heterocycles. The van der Waals surface area contributed by atoms with Gasteiger partial charge in [-0.3, -0.25) is 9.59 Å². The van der Waals surface area contributed by atoms with Crippen LogP contribution in [0.1, 0.15) is 17.3 Å². The number of amides is 1. The van der Waals surface area contributed by atoms with Crippen LogP contribution in [0.4, 0.5) is 0 Å². The quantitative estimate of drug-likeness (QED) is 0.895. The lowest BCUT2D eigenvalue weighted by molar-refractivity contribution is 0.0943. The van der Waals surface area contributed by atoms with Crippen LogP contribution in [0, 0.1) is 0 Å². The normalized spacial score (nSPS) is 10.8. The van der Waals surface area contributed by atoms with Crippen molar-refractivity contribution in [3.8, 4) is 0 Å². The monoisotopic (exact) mass is 294 g/mol. The minimum atomic E-state index is -0.492. The van der Waals surface area contributed by atoms with Crippen molar-refractivity contribution in [1.82, 2.24) is 9.88 Å². The summed E-state index contributed by atoms with van der Waals surface area (Å²) in [4.78, 5) is 24.3. The number of carbonyl (C=O) groups excluding carboxylic acids is 1. The van der Waals surface area contributed by atoms with Crippen LogP contribution in [-0.2, 0) is 6.54 Å². The maximum Gasteiger partial charge on any atom is 0.256 e. The zero-order valence-corrected chi connectivity index (χ0v) is 11.8. The zero-order valence-electron chi connectivity index (χ0n) is 11.0. The van der Waals surface area contributed by atoms with Gasteiger partial charge >= 0.3 is 0 Å². The number of benzene rings is 1. The number of nitrogens with one attached hydrogen (secondary N) is 1. The first-order valence-electron chi connectivity index (χ1n) is 6.30. The highest BCUT2D eigenvalue weighted by molar-refractivity contribution is 6.31. The largest absolute Gasteiger partial charge is 0.395 e. The lowest BCUT2D eigenvalue weighted by Crippen LogP contribution is -2.31. The molecule has 2 rings (SSSR count). The van der Waals surface area contributed by atoms with E-state index >= 15 is 0 Å². The number of pyridine rings is 1. The maximum atomic E-state index is 12.4. The van der Waals surface area contributed by atoms with Gasteiger partial charge in [-0.1, -0.05) is 11.6 Å². The molecule has 0 unspecified atom stereocenters. The number of aryl methyl sites for hydroxylation is 1. The fourth-order valence-corrected chi connectivity index (χ4v) is 2.23. The first kappa shape index (κ1) is 14.6. The van der Waals surface area contributed by atoms with E-state index in [2.05, 4.69) is 5.32 Å². The molecule has 0 aliphatic heterocycles. The van der Waals surface area contributed by atoms with Gasteiger partial charge < -0.3 is 15.0 Å². The molecule has 2 N–H and O–H groups in total. The number of hydrogen-bond acceptors (Lipinski definition) is 3. The number of nitrogens with zero attached hydrogens (tertiary/aromatic N) is 1. The van der Waals surface area contributed by atoms with Crippen LogP contribution in [0.5, 0.6) is 0 Å². The van der Waals surface area contributed by atoms with Crippen molar-refractivity contribution in [3.05, 3.63) is 45.2 Å². The smallest absolute Gasteiger partial charge is 0.256 e. The number of aliphatic hydroxyl groups is 1. The number of hydrogen-bond donors (Lipinski definition) is 2. The average molecular weight is 295 g/mol. The van der Waals surface area contributed by atoms with Crippen molar-refractivity contribution in [2.75, 3.05) is 13.2 Å². The summed E-state index contributed by atoms with van der Waals surface area (Å²) in [6.07, 6.45) is 1.53. The fraction of sp³-hybridized carbons (Fsp3) is 0.286. The Morgan fingerprint density at radius 3 is 2.85 bits per heavy atom. The summed E-state index contributed by atoms with van der Waals surface area (Å²) in [5.74, 6) is -0.492. The Hall–Kier alpha value is -1.85. The molecule has 20 heavy (non-hydrogen) atoms. The zero-order chi connectivity index (χ0) is 14.7. The Labute approximate surface area is 120 Å². The number of rotatable bonds is 4. The van der Waals surface area contributed by atoms with Crippen molar-refractivity contribution >= 4 is 28.4 Å². The van der Waals surface area contributed by atoms with E-state index in [1.807, 2.05) is 11.5 Å². The third-order valence-corrected chi connectivity index (χ3v) is 3.26. The Kier molecular flexibility index (Phi) is 4.42. The van der Waals surface area contributed by atoms with Gasteiger partial charge in [0.2, 0.25) is 5.43 Å². The Bertz CT molecular complexity index is 709. The van der Waals surface area contributed by atoms with Crippen LogP contribution < -0.4 is 10.7 Å². The summed E-state index contributed by atoms with van der Waals surface area (Å²) in [7, 11) is 0.